The first-order chi connectivity index (χ1) is 16.5. The summed E-state index contributed by atoms with van der Waals surface area (Å²) in [6.07, 6.45) is -4.43. The Balaban J connectivity index is 1.63. The molecular formula is C25H25ClF4N2O3. The number of likely N-dealkylation sites (tertiary alicyclic amines) is 1. The van der Waals surface area contributed by atoms with Gasteiger partial charge in [0.25, 0.3) is 11.5 Å². The maximum atomic E-state index is 14.8. The number of amides is 2. The number of carbonyl (C=O) groups excluding carboxylic acids is 2. The van der Waals surface area contributed by atoms with Gasteiger partial charge in [-0.05, 0) is 36.0 Å². The highest BCUT2D eigenvalue weighted by molar-refractivity contribution is 6.30. The largest absolute Gasteiger partial charge is 0.430 e. The number of nitrogens with zero attached hydrogens (tertiary/aromatic N) is 1. The predicted molar refractivity (Wildman–Crippen MR) is 121 cm³/mol. The van der Waals surface area contributed by atoms with Gasteiger partial charge in [-0.3, -0.25) is 9.59 Å². The fraction of sp³-hybridized carbons (Fsp3) is 0.440. The van der Waals surface area contributed by atoms with Crippen molar-refractivity contribution in [1.29, 1.82) is 0 Å². The number of carbonyl (C=O) groups is 2. The molecule has 35 heavy (non-hydrogen) atoms. The lowest BCUT2D eigenvalue weighted by molar-refractivity contribution is -0.271. The summed E-state index contributed by atoms with van der Waals surface area (Å²) in [5.41, 5.74) is -3.77. The van der Waals surface area contributed by atoms with Crippen molar-refractivity contribution in [3.05, 3.63) is 70.5 Å². The lowest BCUT2D eigenvalue weighted by Gasteiger charge is -2.50. The molecule has 0 unspecified atom stereocenters. The Morgan fingerprint density at radius 2 is 1.80 bits per heavy atom. The molecule has 0 aromatic heterocycles. The summed E-state index contributed by atoms with van der Waals surface area (Å²) in [7, 11) is 0.870. The number of hydrogen-bond acceptors (Lipinski definition) is 3. The summed E-state index contributed by atoms with van der Waals surface area (Å²) in [6, 6.07) is 11.2. The average molecular weight is 513 g/mol. The van der Waals surface area contributed by atoms with E-state index in [1.54, 1.807) is 18.2 Å². The van der Waals surface area contributed by atoms with Crippen LogP contribution in [0, 0.1) is 11.2 Å². The van der Waals surface area contributed by atoms with E-state index < -0.39 is 34.8 Å². The summed E-state index contributed by atoms with van der Waals surface area (Å²) >= 11 is 5.90. The van der Waals surface area contributed by atoms with Crippen molar-refractivity contribution in [3.63, 3.8) is 0 Å². The molecule has 0 saturated carbocycles. The van der Waals surface area contributed by atoms with Gasteiger partial charge in [-0.1, -0.05) is 48.0 Å². The molecule has 2 heterocycles. The number of ether oxygens (including phenoxy) is 1. The first kappa shape index (κ1) is 25.4. The van der Waals surface area contributed by atoms with Crippen LogP contribution in [0.2, 0.25) is 5.02 Å². The average Bonchev–Trinajstić information content (AvgIpc) is 2.81. The molecule has 4 rings (SSSR count). The van der Waals surface area contributed by atoms with Gasteiger partial charge in [0.1, 0.15) is 5.82 Å². The van der Waals surface area contributed by atoms with Crippen molar-refractivity contribution in [1.82, 2.24) is 10.2 Å². The molecule has 1 N–H and O–H groups in total. The lowest BCUT2D eigenvalue weighted by Crippen LogP contribution is -2.60. The van der Waals surface area contributed by atoms with Gasteiger partial charge in [0.2, 0.25) is 5.91 Å². The van der Waals surface area contributed by atoms with Gasteiger partial charge in [-0.15, -0.1) is 0 Å². The standard InChI is InChI=1S/C25H25ClF4N2O3/c1-35-24(25(28,29)30,16-5-3-2-4-6-16)22(34)32-11-9-23(10-12-32)14-21(33)31-15-19(23)18-8-7-17(26)13-20(18)27/h2-8,13,19H,9-12,14-15H2,1H3,(H,31,33)/t19-,24+/m0/s1. The maximum Gasteiger partial charge on any atom is 0.430 e. The first-order valence-electron chi connectivity index (χ1n) is 11.2. The van der Waals surface area contributed by atoms with E-state index in [2.05, 4.69) is 5.32 Å². The van der Waals surface area contributed by atoms with Crippen molar-refractivity contribution in [2.45, 2.75) is 37.0 Å². The summed E-state index contributed by atoms with van der Waals surface area (Å²) < 4.78 is 62.8. The summed E-state index contributed by atoms with van der Waals surface area (Å²) in [4.78, 5) is 26.9. The van der Waals surface area contributed by atoms with Crippen molar-refractivity contribution >= 4 is 23.4 Å². The quantitative estimate of drug-likeness (QED) is 0.599. The van der Waals surface area contributed by atoms with E-state index in [1.807, 2.05) is 0 Å². The smallest absolute Gasteiger partial charge is 0.356 e. The zero-order chi connectivity index (χ0) is 25.4. The van der Waals surface area contributed by atoms with Crippen LogP contribution in [0.5, 0.6) is 0 Å². The van der Waals surface area contributed by atoms with Crippen LogP contribution in [0.3, 0.4) is 0 Å². The number of piperidine rings is 2. The molecule has 2 aliphatic rings. The summed E-state index contributed by atoms with van der Waals surface area (Å²) in [6.45, 7) is 0.150. The molecule has 2 fully saturated rings. The number of benzene rings is 2. The zero-order valence-corrected chi connectivity index (χ0v) is 19.8. The Morgan fingerprint density at radius 1 is 1.14 bits per heavy atom. The molecule has 2 amide bonds. The van der Waals surface area contributed by atoms with Crippen LogP contribution in [0.4, 0.5) is 17.6 Å². The van der Waals surface area contributed by atoms with Gasteiger partial charge in [0.15, 0.2) is 0 Å². The molecule has 0 bridgehead atoms. The number of halogens is 5. The van der Waals surface area contributed by atoms with E-state index in [1.165, 1.54) is 30.3 Å². The molecule has 2 aromatic rings. The van der Waals surface area contributed by atoms with Gasteiger partial charge >= 0.3 is 6.18 Å². The van der Waals surface area contributed by atoms with Crippen molar-refractivity contribution in [3.8, 4) is 0 Å². The third-order valence-corrected chi connectivity index (χ3v) is 7.56. The summed E-state index contributed by atoms with van der Waals surface area (Å²) in [5.74, 6) is -2.32. The van der Waals surface area contributed by atoms with E-state index in [9.17, 15) is 27.2 Å². The fourth-order valence-electron chi connectivity index (χ4n) is 5.47. The lowest BCUT2D eigenvalue weighted by atomic mass is 9.62. The Kier molecular flexibility index (Phi) is 6.85. The molecular weight excluding hydrogens is 488 g/mol. The van der Waals surface area contributed by atoms with Gasteiger partial charge < -0.3 is 15.0 Å². The highest BCUT2D eigenvalue weighted by Crippen LogP contribution is 2.51. The molecule has 0 radical (unpaired) electrons. The molecule has 10 heteroatoms. The Morgan fingerprint density at radius 3 is 2.37 bits per heavy atom. The van der Waals surface area contributed by atoms with Crippen LogP contribution in [0.25, 0.3) is 0 Å². The molecule has 2 atom stereocenters. The fourth-order valence-corrected chi connectivity index (χ4v) is 5.63. The summed E-state index contributed by atoms with van der Waals surface area (Å²) in [5, 5.41) is 3.01. The number of hydrogen-bond donors (Lipinski definition) is 1. The van der Waals surface area contributed by atoms with Crippen molar-refractivity contribution in [2.75, 3.05) is 26.7 Å². The van der Waals surface area contributed by atoms with Crippen molar-refractivity contribution < 1.29 is 31.9 Å². The van der Waals surface area contributed by atoms with Crippen molar-refractivity contribution in [2.24, 2.45) is 5.41 Å². The van der Waals surface area contributed by atoms with E-state index in [0.29, 0.717) is 5.56 Å². The van der Waals surface area contributed by atoms with E-state index in [-0.39, 0.29) is 55.4 Å². The topological polar surface area (TPSA) is 58.6 Å². The molecule has 2 aliphatic heterocycles. The monoisotopic (exact) mass is 512 g/mol. The van der Waals surface area contributed by atoms with Gasteiger partial charge in [-0.25, -0.2) is 4.39 Å². The number of rotatable bonds is 4. The third kappa shape index (κ3) is 4.40. The van der Waals surface area contributed by atoms with E-state index in [0.717, 1.165) is 12.0 Å². The van der Waals surface area contributed by atoms with E-state index in [4.69, 9.17) is 16.3 Å². The number of nitrogens with one attached hydrogen (secondary N) is 1. The number of alkyl halides is 3. The Hall–Kier alpha value is -2.65. The molecule has 2 aromatic carbocycles. The van der Waals surface area contributed by atoms with Gasteiger partial charge in [0.05, 0.1) is 0 Å². The minimum absolute atomic E-state index is 0.0220. The van der Waals surface area contributed by atoms with Crippen LogP contribution < -0.4 is 5.32 Å². The molecule has 188 valence electrons. The highest BCUT2D eigenvalue weighted by Gasteiger charge is 2.64. The number of methoxy groups -OCH3 is 1. The second-order valence-electron chi connectivity index (χ2n) is 9.10. The molecule has 0 aliphatic carbocycles. The minimum Gasteiger partial charge on any atom is -0.356 e. The van der Waals surface area contributed by atoms with Gasteiger partial charge in [-0.2, -0.15) is 13.2 Å². The third-order valence-electron chi connectivity index (χ3n) is 7.33. The Labute approximate surface area is 205 Å². The normalized spacial score (nSPS) is 21.9. The second-order valence-corrected chi connectivity index (χ2v) is 9.54. The van der Waals surface area contributed by atoms with Crippen LogP contribution in [-0.4, -0.2) is 49.6 Å². The SMILES string of the molecule is CO[C@@](C(=O)N1CCC2(CC1)CC(=O)NC[C@H]2c1ccc(Cl)cc1F)(c1ccccc1)C(F)(F)F. The second kappa shape index (κ2) is 9.43. The molecule has 1 spiro atoms. The minimum atomic E-state index is -5.00. The predicted octanol–water partition coefficient (Wildman–Crippen LogP) is 4.80. The van der Waals surface area contributed by atoms with Crippen LogP contribution in [0.15, 0.2) is 48.5 Å². The van der Waals surface area contributed by atoms with Crippen LogP contribution in [0.1, 0.15) is 36.3 Å². The van der Waals surface area contributed by atoms with Crippen LogP contribution in [-0.2, 0) is 19.9 Å². The van der Waals surface area contributed by atoms with Crippen LogP contribution >= 0.6 is 11.6 Å². The maximum absolute atomic E-state index is 14.8. The molecule has 5 nitrogen and oxygen atoms in total. The zero-order valence-electron chi connectivity index (χ0n) is 19.0. The van der Waals surface area contributed by atoms with Gasteiger partial charge in [0, 0.05) is 49.7 Å². The Bertz CT molecular complexity index is 1100. The highest BCUT2D eigenvalue weighted by atomic mass is 35.5. The van der Waals surface area contributed by atoms with E-state index >= 15 is 0 Å². The molecule has 2 saturated heterocycles. The first-order valence-corrected chi connectivity index (χ1v) is 11.6.